The van der Waals surface area contributed by atoms with Gasteiger partial charge in [0, 0.05) is 10.7 Å². The third kappa shape index (κ3) is 3.67. The number of carbonyl (C=O) groups excluding carboxylic acids is 1. The van der Waals surface area contributed by atoms with Gasteiger partial charge in [-0.2, -0.15) is 5.26 Å². The summed E-state index contributed by atoms with van der Waals surface area (Å²) >= 11 is 11.8. The van der Waals surface area contributed by atoms with Gasteiger partial charge in [0.1, 0.15) is 22.6 Å². The van der Waals surface area contributed by atoms with Gasteiger partial charge in [-0.05, 0) is 31.2 Å². The minimum absolute atomic E-state index is 0.0000709. The predicted molar refractivity (Wildman–Crippen MR) is 84.7 cm³/mol. The molecule has 1 heterocycles. The van der Waals surface area contributed by atoms with Gasteiger partial charge >= 0.3 is 5.97 Å². The van der Waals surface area contributed by atoms with Crippen LogP contribution in [0.15, 0.2) is 30.3 Å². The van der Waals surface area contributed by atoms with Crippen molar-refractivity contribution in [1.82, 2.24) is 4.98 Å². The van der Waals surface area contributed by atoms with E-state index in [-0.39, 0.29) is 28.7 Å². The maximum Gasteiger partial charge on any atom is 0.341 e. The molecular formula is C15H11Cl2N3O2. The Morgan fingerprint density at radius 3 is 2.82 bits per heavy atom. The normalized spacial score (nSPS) is 9.91. The molecule has 112 valence electrons. The van der Waals surface area contributed by atoms with E-state index in [1.54, 1.807) is 31.2 Å². The zero-order valence-corrected chi connectivity index (χ0v) is 13.1. The molecule has 1 aromatic carbocycles. The first-order valence-corrected chi connectivity index (χ1v) is 7.11. The molecule has 0 bridgehead atoms. The van der Waals surface area contributed by atoms with E-state index in [1.165, 1.54) is 6.07 Å². The second-order valence-electron chi connectivity index (χ2n) is 4.19. The number of hydrogen-bond acceptors (Lipinski definition) is 5. The van der Waals surface area contributed by atoms with Crippen LogP contribution in [0.25, 0.3) is 0 Å². The van der Waals surface area contributed by atoms with Gasteiger partial charge in [0.15, 0.2) is 0 Å². The van der Waals surface area contributed by atoms with Crippen molar-refractivity contribution in [2.45, 2.75) is 6.92 Å². The molecule has 0 aliphatic heterocycles. The number of halogens is 2. The summed E-state index contributed by atoms with van der Waals surface area (Å²) < 4.78 is 4.97. The number of ether oxygens (including phenoxy) is 1. The summed E-state index contributed by atoms with van der Waals surface area (Å²) in [7, 11) is 0. The monoisotopic (exact) mass is 335 g/mol. The highest BCUT2D eigenvalue weighted by molar-refractivity contribution is 6.31. The summed E-state index contributed by atoms with van der Waals surface area (Å²) in [5.74, 6) is -0.391. The van der Waals surface area contributed by atoms with E-state index in [1.807, 2.05) is 6.07 Å². The Morgan fingerprint density at radius 1 is 1.41 bits per heavy atom. The molecule has 7 heteroatoms. The molecule has 0 saturated heterocycles. The number of hydrogen-bond donors (Lipinski definition) is 1. The lowest BCUT2D eigenvalue weighted by molar-refractivity contribution is 0.0527. The molecule has 5 nitrogen and oxygen atoms in total. The number of pyridine rings is 1. The molecule has 2 rings (SSSR count). The fourth-order valence-electron chi connectivity index (χ4n) is 1.73. The van der Waals surface area contributed by atoms with E-state index in [9.17, 15) is 4.79 Å². The van der Waals surface area contributed by atoms with Crippen molar-refractivity contribution in [3.63, 3.8) is 0 Å². The highest BCUT2D eigenvalue weighted by Crippen LogP contribution is 2.26. The number of esters is 1. The third-order valence-electron chi connectivity index (χ3n) is 2.68. The maximum atomic E-state index is 12.0. The van der Waals surface area contributed by atoms with E-state index in [0.29, 0.717) is 10.7 Å². The van der Waals surface area contributed by atoms with Gasteiger partial charge in [0.05, 0.1) is 12.2 Å². The SMILES string of the molecule is CCOC(=O)c1cc(C#N)c(Cl)nc1Nc1cccc(Cl)c1. The van der Waals surface area contributed by atoms with Gasteiger partial charge in [0.2, 0.25) is 0 Å². The van der Waals surface area contributed by atoms with Gasteiger partial charge in [-0.3, -0.25) is 0 Å². The average Bonchev–Trinajstić information content (AvgIpc) is 2.47. The summed E-state index contributed by atoms with van der Waals surface area (Å²) in [4.78, 5) is 16.1. The van der Waals surface area contributed by atoms with Crippen LogP contribution >= 0.6 is 23.2 Å². The van der Waals surface area contributed by atoms with Gasteiger partial charge < -0.3 is 10.1 Å². The number of nitrogens with one attached hydrogen (secondary N) is 1. The van der Waals surface area contributed by atoms with Crippen molar-refractivity contribution >= 4 is 40.7 Å². The second-order valence-corrected chi connectivity index (χ2v) is 4.98. The van der Waals surface area contributed by atoms with Crippen LogP contribution in [0.5, 0.6) is 0 Å². The Morgan fingerprint density at radius 2 is 2.18 bits per heavy atom. The average molecular weight is 336 g/mol. The zero-order valence-electron chi connectivity index (χ0n) is 11.6. The van der Waals surface area contributed by atoms with Crippen molar-refractivity contribution < 1.29 is 9.53 Å². The van der Waals surface area contributed by atoms with Crippen molar-refractivity contribution in [2.75, 3.05) is 11.9 Å². The summed E-state index contributed by atoms with van der Waals surface area (Å²) in [6, 6.07) is 10.1. The quantitative estimate of drug-likeness (QED) is 0.670. The minimum atomic E-state index is -0.590. The molecule has 0 fully saturated rings. The molecule has 0 atom stereocenters. The molecule has 2 aromatic rings. The van der Waals surface area contributed by atoms with Crippen LogP contribution in [0.3, 0.4) is 0 Å². The standard InChI is InChI=1S/C15H11Cl2N3O2/c1-2-22-15(21)12-6-9(8-18)13(17)20-14(12)19-11-5-3-4-10(16)7-11/h3-7H,2H2,1H3,(H,19,20). The first-order valence-electron chi connectivity index (χ1n) is 6.35. The van der Waals surface area contributed by atoms with Crippen molar-refractivity contribution in [1.29, 1.82) is 5.26 Å². The molecular weight excluding hydrogens is 325 g/mol. The maximum absolute atomic E-state index is 12.0. The van der Waals surface area contributed by atoms with Crippen molar-refractivity contribution in [2.24, 2.45) is 0 Å². The van der Waals surface area contributed by atoms with E-state index in [2.05, 4.69) is 10.3 Å². The zero-order chi connectivity index (χ0) is 16.1. The van der Waals surface area contributed by atoms with Crippen LogP contribution in [0.4, 0.5) is 11.5 Å². The molecule has 0 aliphatic rings. The summed E-state index contributed by atoms with van der Waals surface area (Å²) in [6.07, 6.45) is 0. The summed E-state index contributed by atoms with van der Waals surface area (Å²) in [5.41, 5.74) is 0.857. The molecule has 0 aliphatic carbocycles. The van der Waals surface area contributed by atoms with Crippen LogP contribution in [0, 0.1) is 11.3 Å². The summed E-state index contributed by atoms with van der Waals surface area (Å²) in [5, 5.41) is 12.5. The fourth-order valence-corrected chi connectivity index (χ4v) is 2.10. The Kier molecular flexibility index (Phi) is 5.21. The highest BCUT2D eigenvalue weighted by atomic mass is 35.5. The Hall–Kier alpha value is -2.29. The minimum Gasteiger partial charge on any atom is -0.462 e. The predicted octanol–water partition coefficient (Wildman–Crippen LogP) is 4.18. The number of benzene rings is 1. The van der Waals surface area contributed by atoms with E-state index in [4.69, 9.17) is 33.2 Å². The lowest BCUT2D eigenvalue weighted by Crippen LogP contribution is -2.10. The van der Waals surface area contributed by atoms with Crippen LogP contribution in [0.1, 0.15) is 22.8 Å². The molecule has 0 unspecified atom stereocenters. The third-order valence-corrected chi connectivity index (χ3v) is 3.20. The smallest absolute Gasteiger partial charge is 0.341 e. The van der Waals surface area contributed by atoms with E-state index < -0.39 is 5.97 Å². The van der Waals surface area contributed by atoms with Crippen molar-refractivity contribution in [3.8, 4) is 6.07 Å². The molecule has 0 radical (unpaired) electrons. The second kappa shape index (κ2) is 7.12. The van der Waals surface area contributed by atoms with Crippen LogP contribution in [0.2, 0.25) is 10.2 Å². The van der Waals surface area contributed by atoms with Crippen LogP contribution < -0.4 is 5.32 Å². The van der Waals surface area contributed by atoms with Gasteiger partial charge in [-0.1, -0.05) is 29.3 Å². The van der Waals surface area contributed by atoms with Gasteiger partial charge in [0.25, 0.3) is 0 Å². The molecule has 0 spiro atoms. The Labute approximate surface area is 137 Å². The Balaban J connectivity index is 2.46. The molecule has 0 saturated carbocycles. The van der Waals surface area contributed by atoms with E-state index >= 15 is 0 Å². The van der Waals surface area contributed by atoms with Crippen LogP contribution in [-0.4, -0.2) is 17.6 Å². The van der Waals surface area contributed by atoms with Crippen LogP contribution in [-0.2, 0) is 4.74 Å². The number of nitrogens with zero attached hydrogens (tertiary/aromatic N) is 2. The van der Waals surface area contributed by atoms with Crippen molar-refractivity contribution in [3.05, 3.63) is 51.6 Å². The topological polar surface area (TPSA) is 75.0 Å². The summed E-state index contributed by atoms with van der Waals surface area (Å²) in [6.45, 7) is 1.90. The lowest BCUT2D eigenvalue weighted by atomic mass is 10.2. The Bertz CT molecular complexity index is 757. The number of anilines is 2. The van der Waals surface area contributed by atoms with Gasteiger partial charge in [-0.25, -0.2) is 9.78 Å². The number of aromatic nitrogens is 1. The molecule has 1 N–H and O–H groups in total. The largest absolute Gasteiger partial charge is 0.462 e. The molecule has 0 amide bonds. The molecule has 22 heavy (non-hydrogen) atoms. The van der Waals surface area contributed by atoms with Gasteiger partial charge in [-0.15, -0.1) is 0 Å². The number of nitriles is 1. The number of carbonyl (C=O) groups is 1. The molecule has 1 aromatic heterocycles. The lowest BCUT2D eigenvalue weighted by Gasteiger charge is -2.12. The van der Waals surface area contributed by atoms with E-state index in [0.717, 1.165) is 0 Å². The first kappa shape index (κ1) is 16.1. The first-order chi connectivity index (χ1) is 10.5. The fraction of sp³-hybridized carbons (Fsp3) is 0.133. The number of rotatable bonds is 4. The highest BCUT2D eigenvalue weighted by Gasteiger charge is 2.18.